The number of likely N-dealkylation sites (tertiary alicyclic amines) is 1. The van der Waals surface area contributed by atoms with E-state index < -0.39 is 0 Å². The molecule has 4 nitrogen and oxygen atoms in total. The minimum absolute atomic E-state index is 0.234. The van der Waals surface area contributed by atoms with Crippen molar-refractivity contribution in [2.24, 2.45) is 5.41 Å². The van der Waals surface area contributed by atoms with Crippen molar-refractivity contribution in [2.45, 2.75) is 91.0 Å². The summed E-state index contributed by atoms with van der Waals surface area (Å²) < 4.78 is 10.8. The molecule has 31 heavy (non-hydrogen) atoms. The summed E-state index contributed by atoms with van der Waals surface area (Å²) in [5.74, 6) is 1.79. The van der Waals surface area contributed by atoms with Gasteiger partial charge < -0.3 is 14.4 Å². The van der Waals surface area contributed by atoms with Gasteiger partial charge in [-0.2, -0.15) is 0 Å². The van der Waals surface area contributed by atoms with Gasteiger partial charge in [-0.15, -0.1) is 6.58 Å². The molecule has 174 valence electrons. The van der Waals surface area contributed by atoms with Crippen LogP contribution < -0.4 is 9.47 Å². The van der Waals surface area contributed by atoms with Gasteiger partial charge in [-0.1, -0.05) is 64.0 Å². The first-order valence-corrected chi connectivity index (χ1v) is 12.0. The molecular formula is C27H43NO3. The molecule has 2 atom stereocenters. The zero-order valence-electron chi connectivity index (χ0n) is 20.5. The van der Waals surface area contributed by atoms with Crippen molar-refractivity contribution in [3.8, 4) is 11.5 Å². The highest BCUT2D eigenvalue weighted by molar-refractivity contribution is 5.85. The molecule has 1 saturated heterocycles. The number of hydrogen-bond acceptors (Lipinski definition) is 3. The Hall–Kier alpha value is -1.97. The number of ether oxygens (including phenoxy) is 2. The molecule has 1 amide bonds. The van der Waals surface area contributed by atoms with E-state index in [1.807, 2.05) is 12.1 Å². The Balaban J connectivity index is 2.02. The van der Waals surface area contributed by atoms with E-state index >= 15 is 0 Å². The van der Waals surface area contributed by atoms with E-state index in [2.05, 4.69) is 38.3 Å². The van der Waals surface area contributed by atoms with Crippen LogP contribution in [0.15, 0.2) is 30.4 Å². The lowest BCUT2D eigenvalue weighted by molar-refractivity contribution is -0.136. The highest BCUT2D eigenvalue weighted by Crippen LogP contribution is 2.42. The van der Waals surface area contributed by atoms with E-state index in [0.717, 1.165) is 61.3 Å². The number of carbonyl (C=O) groups excluding carboxylic acids is 1. The van der Waals surface area contributed by atoms with Crippen LogP contribution in [0.4, 0.5) is 0 Å². The lowest BCUT2D eigenvalue weighted by atomic mass is 9.81. The summed E-state index contributed by atoms with van der Waals surface area (Å²) >= 11 is 0. The monoisotopic (exact) mass is 429 g/mol. The Morgan fingerprint density at radius 1 is 1.13 bits per heavy atom. The number of carbonyl (C=O) groups is 1. The number of unbranched alkanes of at least 4 members (excludes halogenated alkanes) is 5. The molecule has 1 aliphatic rings. The molecule has 0 aromatic heterocycles. The average molecular weight is 430 g/mol. The van der Waals surface area contributed by atoms with Crippen LogP contribution in [-0.4, -0.2) is 37.6 Å². The summed E-state index contributed by atoms with van der Waals surface area (Å²) in [6, 6.07) is 6.28. The van der Waals surface area contributed by atoms with Crippen LogP contribution >= 0.6 is 0 Å². The molecule has 0 spiro atoms. The second-order valence-corrected chi connectivity index (χ2v) is 9.54. The van der Waals surface area contributed by atoms with E-state index in [1.165, 1.54) is 32.1 Å². The Morgan fingerprint density at radius 2 is 1.81 bits per heavy atom. The zero-order valence-corrected chi connectivity index (χ0v) is 20.5. The van der Waals surface area contributed by atoms with Crippen LogP contribution in [0.1, 0.15) is 84.1 Å². The van der Waals surface area contributed by atoms with Gasteiger partial charge in [-0.25, -0.2) is 0 Å². The van der Waals surface area contributed by atoms with E-state index in [1.54, 1.807) is 14.2 Å². The van der Waals surface area contributed by atoms with Gasteiger partial charge in [0.25, 0.3) is 0 Å². The molecule has 0 unspecified atom stereocenters. The van der Waals surface area contributed by atoms with Crippen molar-refractivity contribution in [3.63, 3.8) is 0 Å². The van der Waals surface area contributed by atoms with Crippen LogP contribution in [0.2, 0.25) is 0 Å². The molecule has 0 aliphatic carbocycles. The van der Waals surface area contributed by atoms with Crippen LogP contribution in [-0.2, 0) is 11.2 Å². The van der Waals surface area contributed by atoms with Gasteiger partial charge in [0.2, 0.25) is 5.91 Å². The second kappa shape index (κ2) is 12.2. The van der Waals surface area contributed by atoms with E-state index in [9.17, 15) is 4.79 Å². The Morgan fingerprint density at radius 3 is 2.45 bits per heavy atom. The van der Waals surface area contributed by atoms with Crippen LogP contribution in [0.25, 0.3) is 0 Å². The minimum Gasteiger partial charge on any atom is -0.493 e. The average Bonchev–Trinajstić information content (AvgIpc) is 2.97. The predicted octanol–water partition coefficient (Wildman–Crippen LogP) is 6.57. The van der Waals surface area contributed by atoms with Crippen LogP contribution in [0.5, 0.6) is 11.5 Å². The number of nitrogens with zero attached hydrogens (tertiary/aromatic N) is 1. The topological polar surface area (TPSA) is 38.8 Å². The first-order chi connectivity index (χ1) is 14.8. The van der Waals surface area contributed by atoms with Crippen molar-refractivity contribution < 1.29 is 14.3 Å². The summed E-state index contributed by atoms with van der Waals surface area (Å²) in [7, 11) is 3.30. The largest absolute Gasteiger partial charge is 0.493 e. The number of hydrogen-bond donors (Lipinski definition) is 0. The van der Waals surface area contributed by atoms with Crippen molar-refractivity contribution in [1.29, 1.82) is 0 Å². The highest BCUT2D eigenvalue weighted by Gasteiger charge is 2.47. The predicted molar refractivity (Wildman–Crippen MR) is 129 cm³/mol. The van der Waals surface area contributed by atoms with Crippen molar-refractivity contribution in [2.75, 3.05) is 20.8 Å². The summed E-state index contributed by atoms with van der Waals surface area (Å²) in [5.41, 5.74) is 2.07. The standard InChI is InChI=1S/C27H43NO3/c1-7-8-9-10-11-12-16-27(4)20-23(18-21(2)3)28(26(27)29)17-15-22-13-14-24(30-5)25(19-22)31-6/h13-14,19,23H,2,7-12,15-18,20H2,1,3-6H3/t23-,27+/m1/s1. The molecule has 4 heteroatoms. The molecule has 1 aromatic carbocycles. The number of benzene rings is 1. The first-order valence-electron chi connectivity index (χ1n) is 12.0. The number of methoxy groups -OCH3 is 2. The summed E-state index contributed by atoms with van der Waals surface area (Å²) in [5, 5.41) is 0. The third-order valence-electron chi connectivity index (χ3n) is 6.66. The summed E-state index contributed by atoms with van der Waals surface area (Å²) in [6.45, 7) is 11.4. The van der Waals surface area contributed by atoms with Crippen molar-refractivity contribution in [3.05, 3.63) is 35.9 Å². The molecule has 2 rings (SSSR count). The smallest absolute Gasteiger partial charge is 0.228 e. The fourth-order valence-electron chi connectivity index (χ4n) is 4.89. The number of rotatable bonds is 14. The maximum absolute atomic E-state index is 13.5. The number of amides is 1. The Labute approximate surface area is 190 Å². The quantitative estimate of drug-likeness (QED) is 0.248. The fourth-order valence-corrected chi connectivity index (χ4v) is 4.89. The van der Waals surface area contributed by atoms with E-state index in [4.69, 9.17) is 9.47 Å². The van der Waals surface area contributed by atoms with Gasteiger partial charge in [-0.3, -0.25) is 4.79 Å². The third-order valence-corrected chi connectivity index (χ3v) is 6.66. The van der Waals surface area contributed by atoms with Crippen LogP contribution in [0, 0.1) is 5.41 Å². The lowest BCUT2D eigenvalue weighted by Gasteiger charge is -2.26. The molecule has 0 N–H and O–H groups in total. The SMILES string of the molecule is C=C(C)C[C@@H]1C[C@](C)(CCCCCCCC)C(=O)N1CCc1ccc(OC)c(OC)c1. The molecule has 0 saturated carbocycles. The maximum atomic E-state index is 13.5. The van der Waals surface area contributed by atoms with Gasteiger partial charge in [0.1, 0.15) is 0 Å². The highest BCUT2D eigenvalue weighted by atomic mass is 16.5. The van der Waals surface area contributed by atoms with E-state index in [0.29, 0.717) is 5.91 Å². The van der Waals surface area contributed by atoms with Crippen LogP contribution in [0.3, 0.4) is 0 Å². The van der Waals surface area contributed by atoms with Gasteiger partial charge in [-0.05, 0) is 50.3 Å². The van der Waals surface area contributed by atoms with Crippen molar-refractivity contribution >= 4 is 5.91 Å². The molecule has 1 heterocycles. The molecular weight excluding hydrogens is 386 g/mol. The van der Waals surface area contributed by atoms with Gasteiger partial charge >= 0.3 is 0 Å². The van der Waals surface area contributed by atoms with Gasteiger partial charge in [0, 0.05) is 18.0 Å². The Bertz CT molecular complexity index is 729. The maximum Gasteiger partial charge on any atom is 0.228 e. The van der Waals surface area contributed by atoms with E-state index in [-0.39, 0.29) is 11.5 Å². The second-order valence-electron chi connectivity index (χ2n) is 9.54. The fraction of sp³-hybridized carbons (Fsp3) is 0.667. The lowest BCUT2D eigenvalue weighted by Crippen LogP contribution is -2.37. The minimum atomic E-state index is -0.234. The third kappa shape index (κ3) is 7.02. The molecule has 0 radical (unpaired) electrons. The molecule has 1 aliphatic heterocycles. The molecule has 1 aromatic rings. The first kappa shape index (κ1) is 25.3. The Kier molecular flexibility index (Phi) is 9.93. The molecule has 0 bridgehead atoms. The summed E-state index contributed by atoms with van der Waals surface area (Å²) in [6.07, 6.45) is 11.2. The normalized spacial score (nSPS) is 20.9. The van der Waals surface area contributed by atoms with Gasteiger partial charge in [0.05, 0.1) is 14.2 Å². The van der Waals surface area contributed by atoms with Gasteiger partial charge in [0.15, 0.2) is 11.5 Å². The van der Waals surface area contributed by atoms with Crippen molar-refractivity contribution in [1.82, 2.24) is 4.90 Å². The molecule has 1 fully saturated rings. The summed E-state index contributed by atoms with van der Waals surface area (Å²) in [4.78, 5) is 15.6. The zero-order chi connectivity index (χ0) is 22.9.